The van der Waals surface area contributed by atoms with Crippen molar-refractivity contribution in [1.29, 1.82) is 0 Å². The average molecular weight is 545 g/mol. The van der Waals surface area contributed by atoms with E-state index in [1.807, 2.05) is 67.6 Å². The third kappa shape index (κ3) is 7.40. The summed E-state index contributed by atoms with van der Waals surface area (Å²) >= 11 is 0. The summed E-state index contributed by atoms with van der Waals surface area (Å²) in [5, 5.41) is 17.1. The molecule has 210 valence electrons. The second-order valence-electron chi connectivity index (χ2n) is 10.3. The number of benzene rings is 3. The van der Waals surface area contributed by atoms with Crippen LogP contribution in [0.1, 0.15) is 66.9 Å². The lowest BCUT2D eigenvalue weighted by molar-refractivity contribution is -0.123. The predicted octanol–water partition coefficient (Wildman–Crippen LogP) is 6.58. The summed E-state index contributed by atoms with van der Waals surface area (Å²) in [7, 11) is 0. The normalized spacial score (nSPS) is 19.3. The molecule has 1 heterocycles. The van der Waals surface area contributed by atoms with Gasteiger partial charge in [-0.1, -0.05) is 97.8 Å². The molecule has 3 aromatic carbocycles. The largest absolute Gasteiger partial charge is 0.503 e. The maximum absolute atomic E-state index is 13.3. The molecule has 8 nitrogen and oxygen atoms in total. The second kappa shape index (κ2) is 13.6. The predicted molar refractivity (Wildman–Crippen MR) is 151 cm³/mol. The Morgan fingerprint density at radius 1 is 0.900 bits per heavy atom. The molecular weight excluding hydrogens is 508 g/mol. The lowest BCUT2D eigenvalue weighted by atomic mass is 9.83. The van der Waals surface area contributed by atoms with Crippen LogP contribution >= 0.6 is 0 Å². The third-order valence-electron chi connectivity index (χ3n) is 7.68. The van der Waals surface area contributed by atoms with Gasteiger partial charge >= 0.3 is 12.2 Å². The van der Waals surface area contributed by atoms with Crippen molar-refractivity contribution in [1.82, 2.24) is 10.2 Å². The van der Waals surface area contributed by atoms with Gasteiger partial charge in [-0.15, -0.1) is 0 Å². The number of nitrogens with zero attached hydrogens (tertiary/aromatic N) is 1. The first-order chi connectivity index (χ1) is 19.3. The zero-order chi connectivity index (χ0) is 28.5. The first-order valence-corrected chi connectivity index (χ1v) is 13.7. The van der Waals surface area contributed by atoms with Crippen molar-refractivity contribution in [2.24, 2.45) is 5.92 Å². The van der Waals surface area contributed by atoms with Crippen LogP contribution in [0.5, 0.6) is 0 Å². The number of hydrogen-bond acceptors (Lipinski definition) is 4. The van der Waals surface area contributed by atoms with Crippen molar-refractivity contribution in [3.8, 4) is 0 Å². The molecule has 3 aromatic rings. The molecular formula is C32H36N2O6. The van der Waals surface area contributed by atoms with Crippen LogP contribution in [0.4, 0.5) is 9.59 Å². The maximum Gasteiger partial charge on any atom is 0.503 e. The van der Waals surface area contributed by atoms with Crippen LogP contribution < -0.4 is 5.32 Å². The highest BCUT2D eigenvalue weighted by molar-refractivity contribution is 5.84. The minimum absolute atomic E-state index is 0.0606. The highest BCUT2D eigenvalue weighted by Gasteiger charge is 2.39. The van der Waals surface area contributed by atoms with Crippen LogP contribution in [-0.2, 0) is 22.6 Å². The Hall–Kier alpha value is -4.33. The second-order valence-corrected chi connectivity index (χ2v) is 10.3. The first-order valence-electron chi connectivity index (χ1n) is 13.7. The van der Waals surface area contributed by atoms with E-state index in [1.54, 1.807) is 4.90 Å². The molecule has 8 heteroatoms. The smallest absolute Gasteiger partial charge is 0.450 e. The molecule has 1 saturated heterocycles. The molecule has 0 aromatic heterocycles. The lowest BCUT2D eigenvalue weighted by Gasteiger charge is -2.24. The van der Waals surface area contributed by atoms with Gasteiger partial charge in [0, 0.05) is 13.1 Å². The number of ether oxygens (including phenoxy) is 1. The van der Waals surface area contributed by atoms with Crippen LogP contribution in [0.2, 0.25) is 0 Å². The number of carbonyl (C=O) groups excluding carboxylic acids is 2. The van der Waals surface area contributed by atoms with E-state index >= 15 is 0 Å². The molecule has 40 heavy (non-hydrogen) atoms. The Kier molecular flexibility index (Phi) is 9.78. The van der Waals surface area contributed by atoms with Gasteiger partial charge in [-0.3, -0.25) is 9.69 Å². The fourth-order valence-electron chi connectivity index (χ4n) is 5.65. The van der Waals surface area contributed by atoms with Gasteiger partial charge in [0.2, 0.25) is 5.91 Å². The van der Waals surface area contributed by atoms with Gasteiger partial charge in [0.05, 0.1) is 12.0 Å². The number of carboxylic acid groups (broad SMARTS) is 2. The van der Waals surface area contributed by atoms with E-state index in [1.165, 1.54) is 12.8 Å². The van der Waals surface area contributed by atoms with Crippen LogP contribution in [0.3, 0.4) is 0 Å². The zero-order valence-corrected chi connectivity index (χ0v) is 22.6. The van der Waals surface area contributed by atoms with Gasteiger partial charge in [0.25, 0.3) is 0 Å². The molecule has 1 aliphatic heterocycles. The van der Waals surface area contributed by atoms with Crippen LogP contribution in [0.15, 0.2) is 84.9 Å². The quantitative estimate of drug-likeness (QED) is 0.295. The molecule has 0 bridgehead atoms. The van der Waals surface area contributed by atoms with Crippen molar-refractivity contribution in [2.75, 3.05) is 0 Å². The molecule has 0 spiro atoms. The van der Waals surface area contributed by atoms with E-state index < -0.39 is 6.16 Å². The zero-order valence-electron chi connectivity index (χ0n) is 22.6. The molecule has 2 aliphatic rings. The van der Waals surface area contributed by atoms with E-state index in [2.05, 4.69) is 29.6 Å². The molecule has 3 N–H and O–H groups in total. The number of hydrogen-bond donors (Lipinski definition) is 3. The number of carbonyl (C=O) groups is 3. The minimum Gasteiger partial charge on any atom is -0.450 e. The van der Waals surface area contributed by atoms with Gasteiger partial charge in [-0.25, -0.2) is 9.59 Å². The molecule has 5 rings (SSSR count). The fourth-order valence-corrected chi connectivity index (χ4v) is 5.65. The highest BCUT2D eigenvalue weighted by atomic mass is 16.6. The lowest BCUT2D eigenvalue weighted by Crippen LogP contribution is -2.33. The van der Waals surface area contributed by atoms with Crippen LogP contribution in [0.25, 0.3) is 0 Å². The molecule has 1 unspecified atom stereocenters. The fraction of sp³-hybridized carbons (Fsp3) is 0.344. The number of nitrogens with one attached hydrogen (secondary N) is 1. The molecule has 3 atom stereocenters. The first kappa shape index (κ1) is 28.7. The van der Waals surface area contributed by atoms with Gasteiger partial charge in [-0.2, -0.15) is 0 Å². The van der Waals surface area contributed by atoms with Gasteiger partial charge < -0.3 is 20.3 Å². The van der Waals surface area contributed by atoms with Crippen molar-refractivity contribution in [3.05, 3.63) is 107 Å². The van der Waals surface area contributed by atoms with E-state index in [-0.39, 0.29) is 30.1 Å². The summed E-state index contributed by atoms with van der Waals surface area (Å²) in [6, 6.07) is 28.1. The Bertz CT molecular complexity index is 1260. The topological polar surface area (TPSA) is 116 Å². The van der Waals surface area contributed by atoms with Crippen molar-refractivity contribution in [2.45, 2.75) is 63.8 Å². The summed E-state index contributed by atoms with van der Waals surface area (Å²) in [4.78, 5) is 36.3. The highest BCUT2D eigenvalue weighted by Crippen LogP contribution is 2.38. The number of amides is 2. The van der Waals surface area contributed by atoms with Crippen molar-refractivity contribution in [3.63, 3.8) is 0 Å². The van der Waals surface area contributed by atoms with Crippen molar-refractivity contribution >= 4 is 18.2 Å². The van der Waals surface area contributed by atoms with Crippen LogP contribution in [-0.4, -0.2) is 39.3 Å². The van der Waals surface area contributed by atoms with Gasteiger partial charge in [0.15, 0.2) is 0 Å². The molecule has 1 saturated carbocycles. The van der Waals surface area contributed by atoms with Gasteiger partial charge in [0.1, 0.15) is 6.10 Å². The van der Waals surface area contributed by atoms with Crippen molar-refractivity contribution < 1.29 is 29.3 Å². The Morgan fingerprint density at radius 3 is 2.08 bits per heavy atom. The summed E-state index contributed by atoms with van der Waals surface area (Å²) < 4.78 is 5.70. The molecule has 2 amide bonds. The standard InChI is InChI=1S/C31H34N2O3.CH2O3/c1-22-29(27-14-6-3-7-15-27)36-31(35)33(22)21-24-16-18-26(19-17-24)28(25-12-8-9-13-25)30(34)32-20-23-10-4-2-5-11-23;2-1(3)4/h2-7,10-11,14-19,22,25,28-29H,8-9,12-13,20-21H2,1H3,(H,32,34);(H2,2,3,4)/t22-,28?,29-;/m1./s1. The average Bonchev–Trinajstić information content (AvgIpc) is 3.58. The summed E-state index contributed by atoms with van der Waals surface area (Å²) in [5.74, 6) is 0.316. The van der Waals surface area contributed by atoms with Crippen LogP contribution in [0, 0.1) is 5.92 Å². The van der Waals surface area contributed by atoms with Gasteiger partial charge in [-0.05, 0) is 47.9 Å². The SMILES string of the molecule is C[C@@H]1[C@H](c2ccccc2)OC(=O)N1Cc1ccc(C(C(=O)NCc2ccccc2)C2CCCC2)cc1.O=C(O)O. The summed E-state index contributed by atoms with van der Waals surface area (Å²) in [6.45, 7) is 3.06. The monoisotopic (exact) mass is 544 g/mol. The molecule has 1 aliphatic carbocycles. The third-order valence-corrected chi connectivity index (χ3v) is 7.68. The molecule has 2 fully saturated rings. The molecule has 0 radical (unpaired) electrons. The Morgan fingerprint density at radius 2 is 1.48 bits per heavy atom. The summed E-state index contributed by atoms with van der Waals surface area (Å²) in [6.07, 6.45) is 2.15. The number of cyclic esters (lactones) is 1. The maximum atomic E-state index is 13.3. The Balaban J connectivity index is 0.000000867. The minimum atomic E-state index is -1.83. The Labute approximate surface area is 234 Å². The van der Waals surface area contributed by atoms with E-state index in [9.17, 15) is 9.59 Å². The number of rotatable bonds is 8. The summed E-state index contributed by atoms with van der Waals surface area (Å²) in [5.41, 5.74) is 4.20. The van der Waals surface area contributed by atoms with E-state index in [0.29, 0.717) is 19.0 Å². The van der Waals surface area contributed by atoms with E-state index in [0.717, 1.165) is 35.1 Å². The van der Waals surface area contributed by atoms with E-state index in [4.69, 9.17) is 19.7 Å².